The van der Waals surface area contributed by atoms with Crippen LogP contribution >= 0.6 is 11.6 Å². The fourth-order valence-corrected chi connectivity index (χ4v) is 3.92. The fraction of sp³-hybridized carbons (Fsp3) is 0.579. The van der Waals surface area contributed by atoms with Gasteiger partial charge in [-0.15, -0.1) is 0 Å². The summed E-state index contributed by atoms with van der Waals surface area (Å²) in [5.41, 5.74) is 1.03. The van der Waals surface area contributed by atoms with Crippen LogP contribution in [0, 0.1) is 0 Å². The van der Waals surface area contributed by atoms with Crippen LogP contribution in [0.2, 0.25) is 5.02 Å². The van der Waals surface area contributed by atoms with Crippen LogP contribution in [0.5, 0.6) is 0 Å². The predicted molar refractivity (Wildman–Crippen MR) is 98.4 cm³/mol. The number of halogens is 1. The van der Waals surface area contributed by atoms with Crippen LogP contribution in [0.25, 0.3) is 0 Å². The van der Waals surface area contributed by atoms with E-state index < -0.39 is 0 Å². The lowest BCUT2D eigenvalue weighted by Gasteiger charge is -2.29. The monoisotopic (exact) mass is 363 g/mol. The summed E-state index contributed by atoms with van der Waals surface area (Å²) in [6, 6.07) is 7.34. The van der Waals surface area contributed by atoms with E-state index in [1.54, 1.807) is 16.8 Å². The van der Waals surface area contributed by atoms with E-state index in [1.165, 1.54) is 12.8 Å². The Bertz CT molecular complexity index is 614. The van der Waals surface area contributed by atoms with Crippen LogP contribution in [0.4, 0.5) is 4.79 Å². The third-order valence-electron chi connectivity index (χ3n) is 5.19. The van der Waals surface area contributed by atoms with Crippen molar-refractivity contribution < 1.29 is 9.59 Å². The first-order chi connectivity index (χ1) is 12.0. The van der Waals surface area contributed by atoms with Gasteiger partial charge in [-0.25, -0.2) is 4.79 Å². The van der Waals surface area contributed by atoms with Crippen LogP contribution in [-0.4, -0.2) is 47.4 Å². The second-order valence-electron chi connectivity index (χ2n) is 7.10. The number of rotatable bonds is 4. The molecule has 6 heteroatoms. The molecule has 0 bridgehead atoms. The number of urea groups is 1. The first-order valence-electron chi connectivity index (χ1n) is 9.11. The molecule has 1 saturated carbocycles. The number of carbonyl (C=O) groups excluding carboxylic acids is 2. The number of amides is 3. The van der Waals surface area contributed by atoms with Crippen LogP contribution < -0.4 is 5.32 Å². The van der Waals surface area contributed by atoms with E-state index in [1.807, 2.05) is 24.3 Å². The molecule has 1 aromatic rings. The summed E-state index contributed by atoms with van der Waals surface area (Å²) in [6.45, 7) is 1.17. The lowest BCUT2D eigenvalue weighted by atomic mass is 10.1. The Morgan fingerprint density at radius 3 is 2.52 bits per heavy atom. The van der Waals surface area contributed by atoms with Gasteiger partial charge in [-0.2, -0.15) is 0 Å². The number of hydrogen-bond acceptors (Lipinski definition) is 2. The van der Waals surface area contributed by atoms with Gasteiger partial charge in [-0.05, 0) is 43.4 Å². The summed E-state index contributed by atoms with van der Waals surface area (Å²) in [6.07, 6.45) is 6.07. The molecule has 3 rings (SSSR count). The van der Waals surface area contributed by atoms with Gasteiger partial charge < -0.3 is 15.1 Å². The van der Waals surface area contributed by atoms with Crippen molar-refractivity contribution in [2.24, 2.45) is 0 Å². The van der Waals surface area contributed by atoms with Gasteiger partial charge >= 0.3 is 6.03 Å². The number of benzene rings is 1. The van der Waals surface area contributed by atoms with Crippen LogP contribution in [-0.2, 0) is 11.3 Å². The minimum Gasteiger partial charge on any atom is -0.340 e. The molecule has 1 aromatic carbocycles. The molecule has 5 nitrogen and oxygen atoms in total. The molecule has 2 aliphatic rings. The Labute approximate surface area is 154 Å². The van der Waals surface area contributed by atoms with Crippen molar-refractivity contribution in [3.05, 3.63) is 34.9 Å². The third kappa shape index (κ3) is 4.46. The number of carbonyl (C=O) groups is 2. The molecule has 0 spiro atoms. The molecule has 136 valence electrons. The Morgan fingerprint density at radius 2 is 1.84 bits per heavy atom. The predicted octanol–water partition coefficient (Wildman–Crippen LogP) is 3.42. The molecule has 3 amide bonds. The van der Waals surface area contributed by atoms with E-state index in [4.69, 9.17) is 11.6 Å². The number of likely N-dealkylation sites (tertiary alicyclic amines) is 1. The van der Waals surface area contributed by atoms with Gasteiger partial charge in [-0.1, -0.05) is 36.6 Å². The summed E-state index contributed by atoms with van der Waals surface area (Å²) in [5.74, 6) is 0.00835. The topological polar surface area (TPSA) is 52.7 Å². The fourth-order valence-electron chi connectivity index (χ4n) is 3.79. The number of likely N-dealkylation sites (N-methyl/N-ethyl adjacent to an activating group) is 1. The summed E-state index contributed by atoms with van der Waals surface area (Å²) >= 11 is 5.91. The molecule has 25 heavy (non-hydrogen) atoms. The van der Waals surface area contributed by atoms with Crippen molar-refractivity contribution >= 4 is 23.5 Å². The third-order valence-corrected chi connectivity index (χ3v) is 5.44. The lowest BCUT2D eigenvalue weighted by Crippen LogP contribution is -2.51. The van der Waals surface area contributed by atoms with Crippen molar-refractivity contribution in [1.29, 1.82) is 0 Å². The minimum atomic E-state index is -0.348. The van der Waals surface area contributed by atoms with Gasteiger partial charge in [0.2, 0.25) is 5.91 Å². The van der Waals surface area contributed by atoms with Crippen LogP contribution in [0.1, 0.15) is 44.1 Å². The Kier molecular flexibility index (Phi) is 5.84. The number of hydrogen-bond donors (Lipinski definition) is 1. The molecule has 1 atom stereocenters. The molecule has 2 fully saturated rings. The maximum absolute atomic E-state index is 12.8. The van der Waals surface area contributed by atoms with Gasteiger partial charge in [0, 0.05) is 31.2 Å². The van der Waals surface area contributed by atoms with Crippen LogP contribution in [0.3, 0.4) is 0 Å². The lowest BCUT2D eigenvalue weighted by molar-refractivity contribution is -0.134. The molecule has 0 aromatic heterocycles. The SMILES string of the molecule is CN(Cc1ccc(Cl)cc1)C(=O)C1CCCN1C(=O)NC1CCCC1. The summed E-state index contributed by atoms with van der Waals surface area (Å²) in [7, 11) is 1.79. The Balaban J connectivity index is 1.59. The second kappa shape index (κ2) is 8.09. The number of nitrogens with zero attached hydrogens (tertiary/aromatic N) is 2. The molecule has 1 aliphatic carbocycles. The van der Waals surface area contributed by atoms with Crippen molar-refractivity contribution in [3.63, 3.8) is 0 Å². The average molecular weight is 364 g/mol. The molecule has 1 N–H and O–H groups in total. The van der Waals surface area contributed by atoms with E-state index in [2.05, 4.69) is 5.32 Å². The summed E-state index contributed by atoms with van der Waals surface area (Å²) in [4.78, 5) is 28.8. The zero-order valence-electron chi connectivity index (χ0n) is 14.7. The van der Waals surface area contributed by atoms with E-state index in [-0.39, 0.29) is 24.0 Å². The highest BCUT2D eigenvalue weighted by atomic mass is 35.5. The zero-order valence-corrected chi connectivity index (χ0v) is 15.5. The van der Waals surface area contributed by atoms with Crippen molar-refractivity contribution in [2.75, 3.05) is 13.6 Å². The maximum atomic E-state index is 12.8. The van der Waals surface area contributed by atoms with Crippen molar-refractivity contribution in [3.8, 4) is 0 Å². The molecule has 0 radical (unpaired) electrons. The van der Waals surface area contributed by atoms with Crippen molar-refractivity contribution in [1.82, 2.24) is 15.1 Å². The van der Waals surface area contributed by atoms with Gasteiger partial charge in [-0.3, -0.25) is 4.79 Å². The highest BCUT2D eigenvalue weighted by Crippen LogP contribution is 2.22. The Morgan fingerprint density at radius 1 is 1.16 bits per heavy atom. The largest absolute Gasteiger partial charge is 0.340 e. The molecular weight excluding hydrogens is 338 g/mol. The molecule has 1 aliphatic heterocycles. The zero-order chi connectivity index (χ0) is 17.8. The first kappa shape index (κ1) is 18.1. The van der Waals surface area contributed by atoms with Gasteiger partial charge in [0.15, 0.2) is 0 Å². The molecule has 1 heterocycles. The first-order valence-corrected chi connectivity index (χ1v) is 9.49. The smallest absolute Gasteiger partial charge is 0.318 e. The Hall–Kier alpha value is -1.75. The molecule has 1 saturated heterocycles. The number of nitrogens with one attached hydrogen (secondary N) is 1. The highest BCUT2D eigenvalue weighted by molar-refractivity contribution is 6.30. The maximum Gasteiger partial charge on any atom is 0.318 e. The minimum absolute atomic E-state index is 0.00835. The van der Waals surface area contributed by atoms with Gasteiger partial charge in [0.25, 0.3) is 0 Å². The van der Waals surface area contributed by atoms with E-state index >= 15 is 0 Å². The van der Waals surface area contributed by atoms with Gasteiger partial charge in [0.05, 0.1) is 0 Å². The quantitative estimate of drug-likeness (QED) is 0.891. The average Bonchev–Trinajstić information content (AvgIpc) is 3.27. The summed E-state index contributed by atoms with van der Waals surface area (Å²) < 4.78 is 0. The normalized spacial score (nSPS) is 20.7. The standard InChI is InChI=1S/C19H26ClN3O2/c1-22(13-14-8-10-15(20)11-9-14)18(24)17-7-4-12-23(17)19(25)21-16-5-2-3-6-16/h8-11,16-17H,2-7,12-13H2,1H3,(H,21,25). The van der Waals surface area contributed by atoms with E-state index in [9.17, 15) is 9.59 Å². The van der Waals surface area contributed by atoms with E-state index in [0.717, 1.165) is 31.2 Å². The molecule has 1 unspecified atom stereocenters. The second-order valence-corrected chi connectivity index (χ2v) is 7.54. The highest BCUT2D eigenvalue weighted by Gasteiger charge is 2.36. The van der Waals surface area contributed by atoms with Crippen molar-refractivity contribution in [2.45, 2.75) is 57.2 Å². The molecular formula is C19H26ClN3O2. The summed E-state index contributed by atoms with van der Waals surface area (Å²) in [5, 5.41) is 3.79. The van der Waals surface area contributed by atoms with Crippen LogP contribution in [0.15, 0.2) is 24.3 Å². The van der Waals surface area contributed by atoms with Gasteiger partial charge in [0.1, 0.15) is 6.04 Å². The van der Waals surface area contributed by atoms with E-state index in [0.29, 0.717) is 18.1 Å².